The Bertz CT molecular complexity index is 490. The monoisotopic (exact) mass is 266 g/mol. The number of allylic oxidation sites excluding steroid dienone is 1. The minimum atomic E-state index is -1.74. The van der Waals surface area contributed by atoms with Crippen molar-refractivity contribution in [3.63, 3.8) is 0 Å². The molecule has 19 heavy (non-hydrogen) atoms. The van der Waals surface area contributed by atoms with Crippen LogP contribution in [-0.4, -0.2) is 5.97 Å². The molecule has 1 aromatic rings. The molecule has 0 N–H and O–H groups in total. The summed E-state index contributed by atoms with van der Waals surface area (Å²) in [7, 11) is 0. The maximum atomic E-state index is 12.3. The van der Waals surface area contributed by atoms with Gasteiger partial charge in [0.05, 0.1) is 5.92 Å². The third-order valence-electron chi connectivity index (χ3n) is 3.69. The van der Waals surface area contributed by atoms with Gasteiger partial charge in [-0.3, -0.25) is 4.79 Å². The second kappa shape index (κ2) is 5.11. The van der Waals surface area contributed by atoms with Crippen molar-refractivity contribution in [3.05, 3.63) is 48.1 Å². The topological polar surface area (TPSA) is 26.3 Å². The predicted octanol–water partition coefficient (Wildman–Crippen LogP) is 3.78. The Morgan fingerprint density at radius 2 is 1.95 bits per heavy atom. The minimum Gasteiger partial charge on any atom is -0.461 e. The number of ether oxygens (including phenoxy) is 1. The Morgan fingerprint density at radius 1 is 1.32 bits per heavy atom. The summed E-state index contributed by atoms with van der Waals surface area (Å²) in [5.41, 5.74) is 0.440. The normalized spacial score (nSPS) is 23.6. The Labute approximate surface area is 111 Å². The van der Waals surface area contributed by atoms with E-state index < -0.39 is 29.3 Å². The molecule has 102 valence electrons. The van der Waals surface area contributed by atoms with E-state index in [0.717, 1.165) is 11.6 Å². The molecule has 0 aromatic heterocycles. The maximum absolute atomic E-state index is 12.3. The molecule has 2 rings (SSSR count). The molecular formula is C15H16F2O2. The summed E-state index contributed by atoms with van der Waals surface area (Å²) in [6.07, 6.45) is -0.884. The van der Waals surface area contributed by atoms with Crippen molar-refractivity contribution in [3.8, 4) is 0 Å². The van der Waals surface area contributed by atoms with Crippen LogP contribution in [0, 0.1) is 17.3 Å². The molecule has 1 aromatic carbocycles. The molecule has 0 bridgehead atoms. The van der Waals surface area contributed by atoms with Crippen molar-refractivity contribution in [1.82, 2.24) is 0 Å². The van der Waals surface area contributed by atoms with Gasteiger partial charge < -0.3 is 4.74 Å². The predicted molar refractivity (Wildman–Crippen MR) is 67.3 cm³/mol. The van der Waals surface area contributed by atoms with Crippen molar-refractivity contribution in [2.45, 2.75) is 20.5 Å². The van der Waals surface area contributed by atoms with Crippen molar-refractivity contribution < 1.29 is 18.3 Å². The third kappa shape index (κ3) is 3.00. The molecule has 2 nitrogen and oxygen atoms in total. The van der Waals surface area contributed by atoms with Gasteiger partial charge in [-0.25, -0.2) is 0 Å². The van der Waals surface area contributed by atoms with Gasteiger partial charge in [-0.1, -0.05) is 44.2 Å². The standard InChI is InChI=1S/C15H16F2O2/c1-15(2)11(8-12(16)17)13(15)14(18)19-9-10-6-4-3-5-7-10/h3-8,11,13H,9H2,1-2H3. The van der Waals surface area contributed by atoms with Crippen LogP contribution in [-0.2, 0) is 16.1 Å². The molecule has 0 heterocycles. The quantitative estimate of drug-likeness (QED) is 0.775. The molecule has 2 unspecified atom stereocenters. The Morgan fingerprint density at radius 3 is 2.53 bits per heavy atom. The molecule has 1 aliphatic rings. The lowest BCUT2D eigenvalue weighted by molar-refractivity contribution is -0.147. The van der Waals surface area contributed by atoms with Crippen LogP contribution >= 0.6 is 0 Å². The highest BCUT2D eigenvalue weighted by Crippen LogP contribution is 2.60. The number of hydrogen-bond acceptors (Lipinski definition) is 2. The van der Waals surface area contributed by atoms with Gasteiger partial charge in [-0.05, 0) is 17.1 Å². The highest BCUT2D eigenvalue weighted by Gasteiger charge is 2.61. The zero-order chi connectivity index (χ0) is 14.0. The van der Waals surface area contributed by atoms with E-state index in [1.54, 1.807) is 13.8 Å². The molecule has 0 amide bonds. The van der Waals surface area contributed by atoms with Gasteiger partial charge in [0.15, 0.2) is 0 Å². The molecule has 1 fully saturated rings. The van der Waals surface area contributed by atoms with Crippen molar-refractivity contribution in [1.29, 1.82) is 0 Å². The Kier molecular flexibility index (Phi) is 3.69. The first kappa shape index (κ1) is 13.7. The fourth-order valence-corrected chi connectivity index (χ4v) is 2.39. The molecule has 4 heteroatoms. The van der Waals surface area contributed by atoms with Crippen LogP contribution in [0.2, 0.25) is 0 Å². The Balaban J connectivity index is 1.93. The molecule has 2 atom stereocenters. The number of carbonyl (C=O) groups excluding carboxylic acids is 1. The summed E-state index contributed by atoms with van der Waals surface area (Å²) in [5.74, 6) is -1.31. The van der Waals surface area contributed by atoms with Crippen LogP contribution in [0.1, 0.15) is 19.4 Å². The first-order valence-corrected chi connectivity index (χ1v) is 6.16. The second-order valence-corrected chi connectivity index (χ2v) is 5.37. The summed E-state index contributed by atoms with van der Waals surface area (Å²) in [6.45, 7) is 3.78. The van der Waals surface area contributed by atoms with Gasteiger partial charge in [-0.15, -0.1) is 0 Å². The summed E-state index contributed by atoms with van der Waals surface area (Å²) in [5, 5.41) is 0. The maximum Gasteiger partial charge on any atom is 0.310 e. The number of esters is 1. The molecule has 0 radical (unpaired) electrons. The minimum absolute atomic E-state index is 0.181. The average Bonchev–Trinajstić information content (AvgIpc) is 2.88. The largest absolute Gasteiger partial charge is 0.461 e. The van der Waals surface area contributed by atoms with E-state index in [1.165, 1.54) is 0 Å². The van der Waals surface area contributed by atoms with Gasteiger partial charge >= 0.3 is 5.97 Å². The van der Waals surface area contributed by atoms with E-state index in [2.05, 4.69) is 0 Å². The molecule has 0 aliphatic heterocycles. The lowest BCUT2D eigenvalue weighted by Gasteiger charge is -2.05. The number of hydrogen-bond donors (Lipinski definition) is 0. The highest BCUT2D eigenvalue weighted by atomic mass is 19.3. The zero-order valence-corrected chi connectivity index (χ0v) is 10.9. The van der Waals surface area contributed by atoms with Crippen molar-refractivity contribution in [2.75, 3.05) is 0 Å². The number of carbonyl (C=O) groups is 1. The number of benzene rings is 1. The molecule has 0 saturated heterocycles. The fraction of sp³-hybridized carbons (Fsp3) is 0.400. The van der Waals surface area contributed by atoms with Crippen LogP contribution in [0.15, 0.2) is 42.5 Å². The van der Waals surface area contributed by atoms with Crippen LogP contribution in [0.3, 0.4) is 0 Å². The highest BCUT2D eigenvalue weighted by molar-refractivity contribution is 5.78. The summed E-state index contributed by atoms with van der Waals surface area (Å²) >= 11 is 0. The molecule has 1 aliphatic carbocycles. The van der Waals surface area contributed by atoms with Gasteiger partial charge in [-0.2, -0.15) is 8.78 Å². The first-order chi connectivity index (χ1) is 8.93. The lowest BCUT2D eigenvalue weighted by Crippen LogP contribution is -2.10. The van der Waals surface area contributed by atoms with E-state index in [1.807, 2.05) is 30.3 Å². The van der Waals surface area contributed by atoms with Crippen LogP contribution < -0.4 is 0 Å². The van der Waals surface area contributed by atoms with E-state index in [9.17, 15) is 13.6 Å². The van der Waals surface area contributed by atoms with E-state index >= 15 is 0 Å². The zero-order valence-electron chi connectivity index (χ0n) is 10.9. The molecular weight excluding hydrogens is 250 g/mol. The number of halogens is 2. The summed E-state index contributed by atoms with van der Waals surface area (Å²) < 4.78 is 29.7. The van der Waals surface area contributed by atoms with Gasteiger partial charge in [0, 0.05) is 5.92 Å². The smallest absolute Gasteiger partial charge is 0.310 e. The average molecular weight is 266 g/mol. The second-order valence-electron chi connectivity index (χ2n) is 5.37. The van der Waals surface area contributed by atoms with Gasteiger partial charge in [0.25, 0.3) is 6.08 Å². The number of rotatable bonds is 4. The van der Waals surface area contributed by atoms with Crippen molar-refractivity contribution >= 4 is 5.97 Å². The molecule has 1 saturated carbocycles. The lowest BCUT2D eigenvalue weighted by atomic mass is 10.1. The van der Waals surface area contributed by atoms with Gasteiger partial charge in [0.1, 0.15) is 6.61 Å². The summed E-state index contributed by atoms with van der Waals surface area (Å²) in [6, 6.07) is 9.29. The summed E-state index contributed by atoms with van der Waals surface area (Å²) in [4.78, 5) is 11.9. The Hall–Kier alpha value is -1.71. The van der Waals surface area contributed by atoms with Crippen LogP contribution in [0.4, 0.5) is 8.78 Å². The van der Waals surface area contributed by atoms with Crippen molar-refractivity contribution in [2.24, 2.45) is 17.3 Å². The van der Waals surface area contributed by atoms with E-state index in [0.29, 0.717) is 0 Å². The van der Waals surface area contributed by atoms with E-state index in [-0.39, 0.29) is 6.61 Å². The van der Waals surface area contributed by atoms with Crippen LogP contribution in [0.25, 0.3) is 0 Å². The van der Waals surface area contributed by atoms with Gasteiger partial charge in [0.2, 0.25) is 0 Å². The fourth-order valence-electron chi connectivity index (χ4n) is 2.39. The SMILES string of the molecule is CC1(C)C(C=C(F)F)C1C(=O)OCc1ccccc1. The molecule has 0 spiro atoms. The first-order valence-electron chi connectivity index (χ1n) is 6.16. The van der Waals surface area contributed by atoms with Crippen LogP contribution in [0.5, 0.6) is 0 Å². The van der Waals surface area contributed by atoms with E-state index in [4.69, 9.17) is 4.74 Å². The third-order valence-corrected chi connectivity index (χ3v) is 3.69.